The smallest absolute Gasteiger partial charge is 0.238 e. The van der Waals surface area contributed by atoms with Crippen LogP contribution >= 0.6 is 23.2 Å². The Bertz CT molecular complexity index is 493. The number of carbonyl (C=O) groups excluding carboxylic acids is 1. The molecule has 5 nitrogen and oxygen atoms in total. The normalized spacial score (nSPS) is 17.2. The first-order valence-electron chi connectivity index (χ1n) is 7.38. The van der Waals surface area contributed by atoms with Crippen LogP contribution in [0.25, 0.3) is 0 Å². The summed E-state index contributed by atoms with van der Waals surface area (Å²) < 4.78 is 0. The van der Waals surface area contributed by atoms with Crippen LogP contribution in [-0.4, -0.2) is 66.7 Å². The fourth-order valence-corrected chi connectivity index (χ4v) is 3.10. The molecule has 1 saturated heterocycles. The van der Waals surface area contributed by atoms with E-state index in [4.69, 9.17) is 28.3 Å². The number of β-amino-alcohol motifs (C(OH)–C–C–N with tert-alkyl or cyclic N) is 1. The van der Waals surface area contributed by atoms with Crippen molar-refractivity contribution in [2.45, 2.75) is 6.42 Å². The number of amides is 1. The predicted molar refractivity (Wildman–Crippen MR) is 89.7 cm³/mol. The molecular formula is C15H21Cl2N3O2. The van der Waals surface area contributed by atoms with E-state index in [0.29, 0.717) is 28.8 Å². The van der Waals surface area contributed by atoms with E-state index in [2.05, 4.69) is 15.1 Å². The third kappa shape index (κ3) is 5.74. The van der Waals surface area contributed by atoms with Crippen molar-refractivity contribution in [1.82, 2.24) is 9.80 Å². The number of nitrogens with zero attached hydrogens (tertiary/aromatic N) is 2. The molecule has 22 heavy (non-hydrogen) atoms. The second kappa shape index (κ2) is 8.70. The lowest BCUT2D eigenvalue weighted by Gasteiger charge is -2.20. The third-order valence-electron chi connectivity index (χ3n) is 3.61. The molecule has 0 bridgehead atoms. The van der Waals surface area contributed by atoms with Crippen LogP contribution in [0.15, 0.2) is 18.2 Å². The van der Waals surface area contributed by atoms with E-state index in [-0.39, 0.29) is 12.5 Å². The number of rotatable bonds is 5. The lowest BCUT2D eigenvalue weighted by atomic mass is 10.3. The Balaban J connectivity index is 1.84. The molecule has 7 heteroatoms. The fourth-order valence-electron chi connectivity index (χ4n) is 2.58. The van der Waals surface area contributed by atoms with Crippen LogP contribution in [0, 0.1) is 0 Å². The highest BCUT2D eigenvalue weighted by Gasteiger charge is 2.16. The predicted octanol–water partition coefficient (Wildman–Crippen LogP) is 1.93. The number of aliphatic hydroxyl groups excluding tert-OH is 1. The van der Waals surface area contributed by atoms with E-state index in [0.717, 1.165) is 32.6 Å². The Morgan fingerprint density at radius 2 is 1.73 bits per heavy atom. The van der Waals surface area contributed by atoms with Crippen molar-refractivity contribution in [1.29, 1.82) is 0 Å². The van der Waals surface area contributed by atoms with Crippen molar-refractivity contribution in [3.63, 3.8) is 0 Å². The van der Waals surface area contributed by atoms with Gasteiger partial charge in [-0.15, -0.1) is 0 Å². The van der Waals surface area contributed by atoms with Gasteiger partial charge in [0.05, 0.1) is 13.2 Å². The van der Waals surface area contributed by atoms with E-state index in [9.17, 15) is 4.79 Å². The molecule has 0 saturated carbocycles. The summed E-state index contributed by atoms with van der Waals surface area (Å²) in [6, 6.07) is 4.98. The highest BCUT2D eigenvalue weighted by Crippen LogP contribution is 2.22. The maximum Gasteiger partial charge on any atom is 0.238 e. The Hall–Kier alpha value is -0.850. The first kappa shape index (κ1) is 17.5. The largest absolute Gasteiger partial charge is 0.395 e. The first-order chi connectivity index (χ1) is 10.6. The minimum atomic E-state index is -0.0751. The minimum Gasteiger partial charge on any atom is -0.395 e. The van der Waals surface area contributed by atoms with E-state index in [1.54, 1.807) is 18.2 Å². The SMILES string of the molecule is O=C(CN1CCCN(CCO)CC1)Nc1cc(Cl)cc(Cl)c1. The Kier molecular flexibility index (Phi) is 6.92. The summed E-state index contributed by atoms with van der Waals surface area (Å²) in [4.78, 5) is 16.5. The van der Waals surface area contributed by atoms with Gasteiger partial charge in [0.25, 0.3) is 0 Å². The fraction of sp³-hybridized carbons (Fsp3) is 0.533. The number of aliphatic hydroxyl groups is 1. The zero-order chi connectivity index (χ0) is 15.9. The molecule has 0 atom stereocenters. The molecule has 2 N–H and O–H groups in total. The molecule has 1 aliphatic heterocycles. The van der Waals surface area contributed by atoms with Crippen LogP contribution in [0.3, 0.4) is 0 Å². The summed E-state index contributed by atoms with van der Waals surface area (Å²) in [6.07, 6.45) is 0.996. The van der Waals surface area contributed by atoms with Crippen molar-refractivity contribution < 1.29 is 9.90 Å². The van der Waals surface area contributed by atoms with Crippen LogP contribution in [-0.2, 0) is 4.79 Å². The van der Waals surface area contributed by atoms with Crippen LogP contribution < -0.4 is 5.32 Å². The molecule has 1 aromatic carbocycles. The lowest BCUT2D eigenvalue weighted by Crippen LogP contribution is -2.36. The van der Waals surface area contributed by atoms with Crippen LogP contribution in [0.4, 0.5) is 5.69 Å². The molecule has 1 fully saturated rings. The molecule has 0 unspecified atom stereocenters. The molecule has 0 radical (unpaired) electrons. The number of hydrogen-bond acceptors (Lipinski definition) is 4. The molecule has 0 aromatic heterocycles. The molecule has 1 aliphatic rings. The molecule has 0 spiro atoms. The van der Waals surface area contributed by atoms with E-state index in [1.165, 1.54) is 0 Å². The van der Waals surface area contributed by atoms with Gasteiger partial charge in [-0.2, -0.15) is 0 Å². The molecule has 0 aliphatic carbocycles. The van der Waals surface area contributed by atoms with Gasteiger partial charge < -0.3 is 10.4 Å². The Morgan fingerprint density at radius 3 is 2.41 bits per heavy atom. The minimum absolute atomic E-state index is 0.0751. The topological polar surface area (TPSA) is 55.8 Å². The summed E-state index contributed by atoms with van der Waals surface area (Å²) in [5.41, 5.74) is 0.610. The van der Waals surface area contributed by atoms with Crippen molar-refractivity contribution in [2.24, 2.45) is 0 Å². The maximum absolute atomic E-state index is 12.1. The van der Waals surface area contributed by atoms with Gasteiger partial charge in [-0.3, -0.25) is 14.6 Å². The zero-order valence-electron chi connectivity index (χ0n) is 12.4. The lowest BCUT2D eigenvalue weighted by molar-refractivity contribution is -0.117. The van der Waals surface area contributed by atoms with Crippen LogP contribution in [0.5, 0.6) is 0 Å². The molecule has 1 aromatic rings. The summed E-state index contributed by atoms with van der Waals surface area (Å²) in [5.74, 6) is -0.0751. The number of benzene rings is 1. The standard InChI is InChI=1S/C15H21Cl2N3O2/c16-12-8-13(17)10-14(9-12)18-15(22)11-20-3-1-2-19(4-5-20)6-7-21/h8-10,21H,1-7,11H2,(H,18,22). The first-order valence-corrected chi connectivity index (χ1v) is 8.14. The Morgan fingerprint density at radius 1 is 1.09 bits per heavy atom. The highest BCUT2D eigenvalue weighted by atomic mass is 35.5. The van der Waals surface area contributed by atoms with Gasteiger partial charge in [0, 0.05) is 35.4 Å². The van der Waals surface area contributed by atoms with Crippen molar-refractivity contribution >= 4 is 34.8 Å². The van der Waals surface area contributed by atoms with Crippen LogP contribution in [0.1, 0.15) is 6.42 Å². The van der Waals surface area contributed by atoms with E-state index >= 15 is 0 Å². The summed E-state index contributed by atoms with van der Waals surface area (Å²) in [6.45, 7) is 4.75. The Labute approximate surface area is 140 Å². The van der Waals surface area contributed by atoms with Crippen LogP contribution in [0.2, 0.25) is 10.0 Å². The average molecular weight is 346 g/mol. The molecular weight excluding hydrogens is 325 g/mol. The third-order valence-corrected chi connectivity index (χ3v) is 4.05. The van der Waals surface area contributed by atoms with Crippen molar-refractivity contribution in [3.8, 4) is 0 Å². The van der Waals surface area contributed by atoms with Gasteiger partial charge in [0.2, 0.25) is 5.91 Å². The van der Waals surface area contributed by atoms with Gasteiger partial charge >= 0.3 is 0 Å². The van der Waals surface area contributed by atoms with Gasteiger partial charge in [0.15, 0.2) is 0 Å². The summed E-state index contributed by atoms with van der Waals surface area (Å²) >= 11 is 11.8. The van der Waals surface area contributed by atoms with Gasteiger partial charge in [-0.05, 0) is 37.7 Å². The second-order valence-corrected chi connectivity index (χ2v) is 6.27. The number of hydrogen-bond donors (Lipinski definition) is 2. The maximum atomic E-state index is 12.1. The average Bonchev–Trinajstić information content (AvgIpc) is 2.63. The number of carbonyl (C=O) groups is 1. The molecule has 1 amide bonds. The van der Waals surface area contributed by atoms with E-state index in [1.807, 2.05) is 0 Å². The van der Waals surface area contributed by atoms with Crippen molar-refractivity contribution in [3.05, 3.63) is 28.2 Å². The summed E-state index contributed by atoms with van der Waals surface area (Å²) in [5, 5.41) is 12.8. The number of nitrogens with one attached hydrogen (secondary N) is 1. The summed E-state index contributed by atoms with van der Waals surface area (Å²) in [7, 11) is 0. The quantitative estimate of drug-likeness (QED) is 0.856. The molecule has 2 rings (SSSR count). The highest BCUT2D eigenvalue weighted by molar-refractivity contribution is 6.35. The second-order valence-electron chi connectivity index (χ2n) is 5.40. The van der Waals surface area contributed by atoms with E-state index < -0.39 is 0 Å². The molecule has 122 valence electrons. The van der Waals surface area contributed by atoms with Gasteiger partial charge in [-0.25, -0.2) is 0 Å². The number of halogens is 2. The van der Waals surface area contributed by atoms with Crippen molar-refractivity contribution in [2.75, 3.05) is 51.2 Å². The zero-order valence-corrected chi connectivity index (χ0v) is 13.9. The van der Waals surface area contributed by atoms with Gasteiger partial charge in [0.1, 0.15) is 0 Å². The van der Waals surface area contributed by atoms with Gasteiger partial charge in [-0.1, -0.05) is 23.2 Å². The number of anilines is 1. The monoisotopic (exact) mass is 345 g/mol. The molecule has 1 heterocycles.